The summed E-state index contributed by atoms with van der Waals surface area (Å²) in [6, 6.07) is 8.96. The Bertz CT molecular complexity index is 933. The van der Waals surface area contributed by atoms with Gasteiger partial charge < -0.3 is 10.3 Å². The predicted octanol–water partition coefficient (Wildman–Crippen LogP) is 4.09. The number of carbonyl (C=O) groups is 2. The van der Waals surface area contributed by atoms with Crippen molar-refractivity contribution in [3.8, 4) is 0 Å². The summed E-state index contributed by atoms with van der Waals surface area (Å²) in [5.41, 5.74) is 1.95. The molecule has 0 saturated heterocycles. The molecule has 1 amide bonds. The van der Waals surface area contributed by atoms with Crippen LogP contribution in [0.1, 0.15) is 15.9 Å². The van der Waals surface area contributed by atoms with Crippen LogP contribution in [0.15, 0.2) is 42.6 Å². The van der Waals surface area contributed by atoms with E-state index in [-0.39, 0.29) is 5.56 Å². The summed E-state index contributed by atoms with van der Waals surface area (Å²) in [4.78, 5) is 27.2. The van der Waals surface area contributed by atoms with Crippen molar-refractivity contribution in [2.45, 2.75) is 6.92 Å². The van der Waals surface area contributed by atoms with E-state index in [1.54, 1.807) is 18.2 Å². The molecule has 2 aromatic carbocycles. The van der Waals surface area contributed by atoms with Gasteiger partial charge in [-0.25, -0.2) is 4.39 Å². The van der Waals surface area contributed by atoms with Crippen LogP contribution in [0, 0.1) is 12.7 Å². The van der Waals surface area contributed by atoms with Crippen LogP contribution in [0.25, 0.3) is 10.9 Å². The number of Topliss-reactive ketones (excluding diaryl/α,β-unsaturated/α-hetero) is 1. The Morgan fingerprint density at radius 1 is 1.17 bits per heavy atom. The first-order valence-electron chi connectivity index (χ1n) is 6.84. The van der Waals surface area contributed by atoms with Crippen LogP contribution >= 0.6 is 11.6 Å². The number of H-pyrrole nitrogens is 1. The number of nitrogens with one attached hydrogen (secondary N) is 2. The number of anilines is 1. The van der Waals surface area contributed by atoms with Gasteiger partial charge in [0.05, 0.1) is 5.56 Å². The highest BCUT2D eigenvalue weighted by Gasteiger charge is 2.20. The number of ketones is 1. The molecule has 0 fully saturated rings. The van der Waals surface area contributed by atoms with Gasteiger partial charge in [0.15, 0.2) is 0 Å². The van der Waals surface area contributed by atoms with Gasteiger partial charge >= 0.3 is 0 Å². The van der Waals surface area contributed by atoms with E-state index >= 15 is 0 Å². The van der Waals surface area contributed by atoms with Crippen molar-refractivity contribution in [3.05, 3.63) is 64.6 Å². The first kappa shape index (κ1) is 15.2. The summed E-state index contributed by atoms with van der Waals surface area (Å²) in [6.45, 7) is 1.84. The monoisotopic (exact) mass is 330 g/mol. The molecule has 0 radical (unpaired) electrons. The lowest BCUT2D eigenvalue weighted by Crippen LogP contribution is -2.22. The lowest BCUT2D eigenvalue weighted by molar-refractivity contribution is -0.112. The number of benzene rings is 2. The van der Waals surface area contributed by atoms with Crippen LogP contribution in [0.3, 0.4) is 0 Å². The highest BCUT2D eigenvalue weighted by Crippen LogP contribution is 2.22. The Morgan fingerprint density at radius 2 is 1.96 bits per heavy atom. The summed E-state index contributed by atoms with van der Waals surface area (Å²) in [5.74, 6) is -1.91. The summed E-state index contributed by atoms with van der Waals surface area (Å²) in [6.07, 6.45) is 1.40. The van der Waals surface area contributed by atoms with Crippen molar-refractivity contribution >= 4 is 39.9 Å². The van der Waals surface area contributed by atoms with Gasteiger partial charge in [0, 0.05) is 27.8 Å². The Hall–Kier alpha value is -2.66. The maximum absolute atomic E-state index is 13.2. The largest absolute Gasteiger partial charge is 0.360 e. The smallest absolute Gasteiger partial charge is 0.296 e. The molecule has 0 aliphatic rings. The first-order valence-corrected chi connectivity index (χ1v) is 7.22. The molecule has 0 saturated carbocycles. The fourth-order valence-corrected chi connectivity index (χ4v) is 2.45. The van der Waals surface area contributed by atoms with Crippen molar-refractivity contribution in [1.29, 1.82) is 0 Å². The molecule has 2 N–H and O–H groups in total. The highest BCUT2D eigenvalue weighted by molar-refractivity contribution is 6.48. The molecule has 3 aromatic rings. The lowest BCUT2D eigenvalue weighted by atomic mass is 10.1. The van der Waals surface area contributed by atoms with Crippen molar-refractivity contribution in [1.82, 2.24) is 4.98 Å². The van der Waals surface area contributed by atoms with E-state index in [1.165, 1.54) is 24.4 Å². The van der Waals surface area contributed by atoms with Crippen LogP contribution in [-0.4, -0.2) is 16.7 Å². The molecule has 0 unspecified atom stereocenters. The SMILES string of the molecule is Cc1ccc(NC(=O)C(=O)c2c[nH]c3cc(F)ccc23)cc1Cl. The standard InChI is InChI=1S/C17H12ClFN2O2/c1-9-2-4-11(7-14(9)18)21-17(23)16(22)13-8-20-15-6-10(19)3-5-12(13)15/h2-8,20H,1H3,(H,21,23). The van der Waals surface area contributed by atoms with Gasteiger partial charge in [0.2, 0.25) is 0 Å². The summed E-state index contributed by atoms with van der Waals surface area (Å²) >= 11 is 5.99. The lowest BCUT2D eigenvalue weighted by Gasteiger charge is -2.06. The Labute approximate surface area is 136 Å². The molecule has 3 rings (SSSR count). The van der Waals surface area contributed by atoms with Gasteiger partial charge in [-0.1, -0.05) is 17.7 Å². The second kappa shape index (κ2) is 5.85. The number of aromatic nitrogens is 1. The Morgan fingerprint density at radius 3 is 2.70 bits per heavy atom. The second-order valence-electron chi connectivity index (χ2n) is 5.14. The molecule has 116 valence electrons. The van der Waals surface area contributed by atoms with E-state index in [0.29, 0.717) is 21.6 Å². The van der Waals surface area contributed by atoms with Gasteiger partial charge in [0.1, 0.15) is 5.82 Å². The van der Waals surface area contributed by atoms with Crippen LogP contribution in [0.2, 0.25) is 5.02 Å². The third-order valence-electron chi connectivity index (χ3n) is 3.52. The molecule has 1 heterocycles. The Kier molecular flexibility index (Phi) is 3.88. The Balaban J connectivity index is 1.86. The molecule has 0 aliphatic carbocycles. The summed E-state index contributed by atoms with van der Waals surface area (Å²) in [7, 11) is 0. The number of amides is 1. The van der Waals surface area contributed by atoms with Crippen LogP contribution in [0.5, 0.6) is 0 Å². The van der Waals surface area contributed by atoms with Gasteiger partial charge in [-0.15, -0.1) is 0 Å². The predicted molar refractivity (Wildman–Crippen MR) is 87.4 cm³/mol. The number of rotatable bonds is 3. The molecule has 1 aromatic heterocycles. The molecule has 23 heavy (non-hydrogen) atoms. The molecule has 0 spiro atoms. The number of carbonyl (C=O) groups excluding carboxylic acids is 2. The first-order chi connectivity index (χ1) is 11.0. The normalized spacial score (nSPS) is 10.7. The van der Waals surface area contributed by atoms with Crippen molar-refractivity contribution < 1.29 is 14.0 Å². The van der Waals surface area contributed by atoms with Crippen molar-refractivity contribution in [2.24, 2.45) is 0 Å². The molecule has 6 heteroatoms. The van der Waals surface area contributed by atoms with Gasteiger partial charge in [-0.3, -0.25) is 9.59 Å². The highest BCUT2D eigenvalue weighted by atomic mass is 35.5. The van der Waals surface area contributed by atoms with E-state index < -0.39 is 17.5 Å². The zero-order chi connectivity index (χ0) is 16.6. The quantitative estimate of drug-likeness (QED) is 0.561. The number of halogens is 2. The molecular formula is C17H12ClFN2O2. The zero-order valence-corrected chi connectivity index (χ0v) is 12.9. The number of fused-ring (bicyclic) bond motifs is 1. The maximum atomic E-state index is 13.2. The fraction of sp³-hybridized carbons (Fsp3) is 0.0588. The third kappa shape index (κ3) is 2.96. The van der Waals surface area contributed by atoms with Gasteiger partial charge in [0.25, 0.3) is 11.7 Å². The third-order valence-corrected chi connectivity index (χ3v) is 3.93. The maximum Gasteiger partial charge on any atom is 0.296 e. The second-order valence-corrected chi connectivity index (χ2v) is 5.55. The minimum Gasteiger partial charge on any atom is -0.360 e. The summed E-state index contributed by atoms with van der Waals surface area (Å²) in [5, 5.41) is 3.51. The number of aryl methyl sites for hydroxylation is 1. The average Bonchev–Trinajstić information content (AvgIpc) is 2.93. The van der Waals surface area contributed by atoms with Crippen molar-refractivity contribution in [3.63, 3.8) is 0 Å². The van der Waals surface area contributed by atoms with E-state index in [9.17, 15) is 14.0 Å². The van der Waals surface area contributed by atoms with Crippen molar-refractivity contribution in [2.75, 3.05) is 5.32 Å². The van der Waals surface area contributed by atoms with E-state index in [2.05, 4.69) is 10.3 Å². The van der Waals surface area contributed by atoms with E-state index in [4.69, 9.17) is 11.6 Å². The minimum absolute atomic E-state index is 0.190. The topological polar surface area (TPSA) is 62.0 Å². The average molecular weight is 331 g/mol. The zero-order valence-electron chi connectivity index (χ0n) is 12.1. The van der Waals surface area contributed by atoms with Gasteiger partial charge in [-0.05, 0) is 42.8 Å². The molecule has 0 aliphatic heterocycles. The number of aromatic amines is 1. The van der Waals surface area contributed by atoms with E-state index in [1.807, 2.05) is 6.92 Å². The molecular weight excluding hydrogens is 319 g/mol. The summed E-state index contributed by atoms with van der Waals surface area (Å²) < 4.78 is 13.2. The number of hydrogen-bond donors (Lipinski definition) is 2. The molecule has 0 atom stereocenters. The fourth-order valence-electron chi connectivity index (χ4n) is 2.27. The number of hydrogen-bond acceptors (Lipinski definition) is 2. The van der Waals surface area contributed by atoms with E-state index in [0.717, 1.165) is 5.56 Å². The molecule has 4 nitrogen and oxygen atoms in total. The van der Waals surface area contributed by atoms with Gasteiger partial charge in [-0.2, -0.15) is 0 Å². The van der Waals surface area contributed by atoms with Crippen LogP contribution < -0.4 is 5.32 Å². The minimum atomic E-state index is -0.782. The van der Waals surface area contributed by atoms with Crippen LogP contribution in [-0.2, 0) is 4.79 Å². The molecule has 0 bridgehead atoms. The van der Waals surface area contributed by atoms with Crippen LogP contribution in [0.4, 0.5) is 10.1 Å².